The Morgan fingerprint density at radius 3 is 2.67 bits per heavy atom. The first-order chi connectivity index (χ1) is 11.5. The van der Waals surface area contributed by atoms with Gasteiger partial charge < -0.3 is 9.88 Å². The number of nitrogens with one attached hydrogen (secondary N) is 1. The molecule has 24 heavy (non-hydrogen) atoms. The largest absolute Gasteiger partial charge is 0.306 e. The zero-order valence-electron chi connectivity index (χ0n) is 13.6. The number of nitrogens with zero attached hydrogens (tertiary/aromatic N) is 4. The third-order valence-corrected chi connectivity index (χ3v) is 5.51. The van der Waals surface area contributed by atoms with Gasteiger partial charge in [-0.25, -0.2) is 4.98 Å². The number of anilines is 1. The summed E-state index contributed by atoms with van der Waals surface area (Å²) in [6, 6.07) is 4.32. The van der Waals surface area contributed by atoms with Gasteiger partial charge in [0.1, 0.15) is 0 Å². The van der Waals surface area contributed by atoms with E-state index in [-0.39, 0.29) is 5.91 Å². The standard InChI is InChI=1S/C16H17N5OS2/c1-10-6-13(21-5-4-17-9-21)7-11(2)14(10)8-23-16-20-19-15(24-16)18-12(3)22/h4-7,9H,8H2,1-3H3,(H,18,19,22). The summed E-state index contributed by atoms with van der Waals surface area (Å²) in [7, 11) is 0. The van der Waals surface area contributed by atoms with Gasteiger partial charge in [-0.05, 0) is 42.7 Å². The van der Waals surface area contributed by atoms with Gasteiger partial charge >= 0.3 is 0 Å². The molecule has 2 heterocycles. The highest BCUT2D eigenvalue weighted by Crippen LogP contribution is 2.31. The van der Waals surface area contributed by atoms with Crippen LogP contribution in [0.25, 0.3) is 5.69 Å². The first-order valence-electron chi connectivity index (χ1n) is 7.35. The summed E-state index contributed by atoms with van der Waals surface area (Å²) >= 11 is 3.02. The Balaban J connectivity index is 1.73. The molecule has 0 radical (unpaired) electrons. The van der Waals surface area contributed by atoms with Crippen molar-refractivity contribution in [2.45, 2.75) is 30.9 Å². The van der Waals surface area contributed by atoms with Crippen molar-refractivity contribution in [2.75, 3.05) is 5.32 Å². The molecule has 0 aliphatic rings. The first-order valence-corrected chi connectivity index (χ1v) is 9.15. The Morgan fingerprint density at radius 2 is 2.04 bits per heavy atom. The Morgan fingerprint density at radius 1 is 1.29 bits per heavy atom. The van der Waals surface area contributed by atoms with Gasteiger partial charge in [0.05, 0.1) is 6.33 Å². The Kier molecular flexibility index (Phi) is 4.96. The Bertz CT molecular complexity index is 834. The van der Waals surface area contributed by atoms with Gasteiger partial charge in [0.25, 0.3) is 0 Å². The lowest BCUT2D eigenvalue weighted by atomic mass is 10.0. The van der Waals surface area contributed by atoms with Crippen LogP contribution in [-0.2, 0) is 10.5 Å². The van der Waals surface area contributed by atoms with Gasteiger partial charge in [-0.2, -0.15) is 0 Å². The minimum Gasteiger partial charge on any atom is -0.306 e. The number of carbonyl (C=O) groups is 1. The third kappa shape index (κ3) is 3.82. The molecule has 1 N–H and O–H groups in total. The van der Waals surface area contributed by atoms with Crippen molar-refractivity contribution in [1.29, 1.82) is 0 Å². The smallest absolute Gasteiger partial charge is 0.223 e. The van der Waals surface area contributed by atoms with Gasteiger partial charge in [0, 0.05) is 30.8 Å². The monoisotopic (exact) mass is 359 g/mol. The third-order valence-electron chi connectivity index (χ3n) is 3.51. The maximum atomic E-state index is 11.0. The highest BCUT2D eigenvalue weighted by molar-refractivity contribution is 8.00. The Labute approximate surface area is 148 Å². The van der Waals surface area contributed by atoms with Crippen LogP contribution in [0, 0.1) is 13.8 Å². The molecule has 0 unspecified atom stereocenters. The van der Waals surface area contributed by atoms with E-state index in [1.807, 2.05) is 10.8 Å². The molecule has 0 spiro atoms. The fourth-order valence-corrected chi connectivity index (χ4v) is 4.36. The average molecular weight is 359 g/mol. The van der Waals surface area contributed by atoms with Crippen LogP contribution >= 0.6 is 23.1 Å². The van der Waals surface area contributed by atoms with E-state index in [2.05, 4.69) is 46.5 Å². The summed E-state index contributed by atoms with van der Waals surface area (Å²) in [5.41, 5.74) is 4.87. The maximum absolute atomic E-state index is 11.0. The van der Waals surface area contributed by atoms with Gasteiger partial charge in [0.15, 0.2) is 4.34 Å². The predicted molar refractivity (Wildman–Crippen MR) is 96.8 cm³/mol. The lowest BCUT2D eigenvalue weighted by Crippen LogP contribution is -2.04. The minimum absolute atomic E-state index is 0.135. The molecule has 0 aliphatic heterocycles. The number of carbonyl (C=O) groups excluding carboxylic acids is 1. The van der Waals surface area contributed by atoms with Crippen LogP contribution in [0.4, 0.5) is 5.13 Å². The van der Waals surface area contributed by atoms with Gasteiger partial charge in [0.2, 0.25) is 11.0 Å². The molecule has 2 aromatic heterocycles. The van der Waals surface area contributed by atoms with Crippen LogP contribution in [0.2, 0.25) is 0 Å². The molecule has 3 rings (SSSR count). The van der Waals surface area contributed by atoms with Crippen molar-refractivity contribution < 1.29 is 4.79 Å². The number of aryl methyl sites for hydroxylation is 2. The second kappa shape index (κ2) is 7.14. The van der Waals surface area contributed by atoms with Crippen molar-refractivity contribution in [3.63, 3.8) is 0 Å². The van der Waals surface area contributed by atoms with Gasteiger partial charge in [-0.3, -0.25) is 4.79 Å². The van der Waals surface area contributed by atoms with Crippen LogP contribution in [0.15, 0.2) is 35.2 Å². The minimum atomic E-state index is -0.135. The van der Waals surface area contributed by atoms with Gasteiger partial charge in [-0.15, -0.1) is 10.2 Å². The highest BCUT2D eigenvalue weighted by atomic mass is 32.2. The molecule has 124 valence electrons. The van der Waals surface area contributed by atoms with Crippen molar-refractivity contribution in [2.24, 2.45) is 0 Å². The lowest BCUT2D eigenvalue weighted by molar-refractivity contribution is -0.114. The SMILES string of the molecule is CC(=O)Nc1nnc(SCc2c(C)cc(-n3ccnc3)cc2C)s1. The summed E-state index contributed by atoms with van der Waals surface area (Å²) in [6.07, 6.45) is 5.51. The van der Waals surface area contributed by atoms with Crippen LogP contribution in [-0.4, -0.2) is 25.7 Å². The van der Waals surface area contributed by atoms with Crippen molar-refractivity contribution in [1.82, 2.24) is 19.7 Å². The zero-order valence-corrected chi connectivity index (χ0v) is 15.2. The first kappa shape index (κ1) is 16.7. The topological polar surface area (TPSA) is 72.7 Å². The van der Waals surface area contributed by atoms with Crippen LogP contribution in [0.1, 0.15) is 23.6 Å². The number of hydrogen-bond acceptors (Lipinski definition) is 6. The summed E-state index contributed by atoms with van der Waals surface area (Å²) in [5, 5.41) is 11.3. The van der Waals surface area contributed by atoms with E-state index in [4.69, 9.17) is 0 Å². The number of imidazole rings is 1. The summed E-state index contributed by atoms with van der Waals surface area (Å²) in [6.45, 7) is 5.70. The number of rotatable bonds is 5. The molecule has 6 nitrogen and oxygen atoms in total. The maximum Gasteiger partial charge on any atom is 0.223 e. The van der Waals surface area contributed by atoms with Crippen LogP contribution in [0.3, 0.4) is 0 Å². The molecular formula is C16H17N5OS2. The molecule has 8 heteroatoms. The van der Waals surface area contributed by atoms with Crippen molar-refractivity contribution in [3.8, 4) is 5.69 Å². The summed E-state index contributed by atoms with van der Waals surface area (Å²) in [5.74, 6) is 0.681. The van der Waals surface area contributed by atoms with E-state index in [0.717, 1.165) is 15.8 Å². The number of benzene rings is 1. The molecule has 1 amide bonds. The second-order valence-corrected chi connectivity index (χ2v) is 7.57. The van der Waals surface area contributed by atoms with E-state index < -0.39 is 0 Å². The molecular weight excluding hydrogens is 342 g/mol. The Hall–Kier alpha value is -2.19. The number of thioether (sulfide) groups is 1. The lowest BCUT2D eigenvalue weighted by Gasteiger charge is -2.12. The molecule has 0 saturated heterocycles. The molecule has 3 aromatic rings. The molecule has 1 aromatic carbocycles. The van der Waals surface area contributed by atoms with Crippen molar-refractivity contribution >= 4 is 34.1 Å². The van der Waals surface area contributed by atoms with Crippen molar-refractivity contribution in [3.05, 3.63) is 47.5 Å². The molecule has 0 aliphatic carbocycles. The van der Waals surface area contributed by atoms with Crippen LogP contribution < -0.4 is 5.32 Å². The van der Waals surface area contributed by atoms with Crippen LogP contribution in [0.5, 0.6) is 0 Å². The predicted octanol–water partition coefficient (Wildman–Crippen LogP) is 3.59. The molecule has 0 bridgehead atoms. The molecule has 0 fully saturated rings. The van der Waals surface area contributed by atoms with E-state index in [1.165, 1.54) is 35.0 Å². The zero-order chi connectivity index (χ0) is 17.1. The number of amides is 1. The van der Waals surface area contributed by atoms with E-state index in [9.17, 15) is 4.79 Å². The second-order valence-electron chi connectivity index (χ2n) is 5.37. The fourth-order valence-electron chi connectivity index (χ4n) is 2.36. The molecule has 0 saturated carbocycles. The number of aromatic nitrogens is 4. The van der Waals surface area contributed by atoms with E-state index in [1.54, 1.807) is 24.3 Å². The average Bonchev–Trinajstić information content (AvgIpc) is 3.17. The normalized spacial score (nSPS) is 10.8. The van der Waals surface area contributed by atoms with Gasteiger partial charge in [-0.1, -0.05) is 23.1 Å². The quantitative estimate of drug-likeness (QED) is 0.557. The highest BCUT2D eigenvalue weighted by Gasteiger charge is 2.10. The van der Waals surface area contributed by atoms with E-state index >= 15 is 0 Å². The summed E-state index contributed by atoms with van der Waals surface area (Å²) in [4.78, 5) is 15.1. The molecule has 0 atom stereocenters. The number of hydrogen-bond donors (Lipinski definition) is 1. The fraction of sp³-hybridized carbons (Fsp3) is 0.250. The van der Waals surface area contributed by atoms with E-state index in [0.29, 0.717) is 5.13 Å². The summed E-state index contributed by atoms with van der Waals surface area (Å²) < 4.78 is 2.85.